The van der Waals surface area contributed by atoms with Crippen molar-refractivity contribution in [3.63, 3.8) is 0 Å². The van der Waals surface area contributed by atoms with Gasteiger partial charge in [0.25, 0.3) is 11.1 Å². The Bertz CT molecular complexity index is 4210. The summed E-state index contributed by atoms with van der Waals surface area (Å²) in [5.74, 6) is -18.0. The fraction of sp³-hybridized carbons (Fsp3) is 0.522. The summed E-state index contributed by atoms with van der Waals surface area (Å²) in [5, 5.41) is 15.1. The van der Waals surface area contributed by atoms with Gasteiger partial charge in [-0.1, -0.05) is 10.3 Å². The summed E-state index contributed by atoms with van der Waals surface area (Å²) in [4.78, 5) is 108. The van der Waals surface area contributed by atoms with Gasteiger partial charge in [-0.15, -0.1) is 0 Å². The number of carbonyl (C=O) groups is 5. The Morgan fingerprint density at radius 1 is 0.592 bits per heavy atom. The van der Waals surface area contributed by atoms with Gasteiger partial charge < -0.3 is 43.7 Å². The van der Waals surface area contributed by atoms with Crippen LogP contribution in [-0.4, -0.2) is 127 Å². The number of rotatable bonds is 27. The molecule has 2 saturated heterocycles. The van der Waals surface area contributed by atoms with Crippen LogP contribution in [0.25, 0.3) is 21.9 Å². The third-order valence-corrected chi connectivity index (χ3v) is 19.2. The van der Waals surface area contributed by atoms with E-state index in [2.05, 4.69) is 35.5 Å². The number of nitrogens with one attached hydrogen (secondary N) is 2. The normalized spacial score (nSPS) is 17.4. The zero-order chi connectivity index (χ0) is 69.3. The van der Waals surface area contributed by atoms with Crippen LogP contribution in [0.1, 0.15) is 179 Å². The number of unbranched alkanes of at least 4 members (excludes halogenated alkanes) is 1. The van der Waals surface area contributed by atoms with Gasteiger partial charge >= 0.3 is 17.9 Å². The van der Waals surface area contributed by atoms with E-state index in [9.17, 15) is 64.3 Å². The number of nitrogens with zero attached hydrogens (tertiary/aromatic N) is 8. The second kappa shape index (κ2) is 31.8. The van der Waals surface area contributed by atoms with Gasteiger partial charge in [0.1, 0.15) is 30.1 Å². The molecule has 3 unspecified atom stereocenters. The highest BCUT2D eigenvalue weighted by Gasteiger charge is 2.35. The van der Waals surface area contributed by atoms with Gasteiger partial charge in [-0.25, -0.2) is 36.7 Å². The maximum atomic E-state index is 14.6. The number of piperidine rings is 2. The molecule has 3 aromatic carbocycles. The van der Waals surface area contributed by atoms with Crippen molar-refractivity contribution in [3.8, 4) is 5.75 Å². The molecular formula is C69H77F7N10O12. The standard InChI is InChI=1S/C69H77F7N10O12/c1-38-45(24-33-83-29-20-40(21-30-83)62-47-18-16-43(70)35-51(47)97-81-62)67(91)85-27-7-9-42(65(85)78-38)37-94-55(89)14-6-13-54(88)80-49(69(93)96-64-60(75)58(73)57(72)59(74)61(64)76)10-3-4-26-77-53(87)12-5-15-56(90)95-50-11-8-28-86-66(50)79-39(2)46(68(86)92)25-34-84-31-22-41(23-32-84)63-48-19-17-44(71)36-52(48)98-82-63/h16-19,35-36,40-42,49-50H,3-15,20-34,37H2,1-2H3,(H,77,87)(H,80,88). The van der Waals surface area contributed by atoms with E-state index in [1.54, 1.807) is 35.1 Å². The summed E-state index contributed by atoms with van der Waals surface area (Å²) in [6, 6.07) is 7.14. The summed E-state index contributed by atoms with van der Waals surface area (Å²) in [5.41, 5.74) is 4.47. The summed E-state index contributed by atoms with van der Waals surface area (Å²) >= 11 is 0. The quantitative estimate of drug-likeness (QED) is 0.0121. The van der Waals surface area contributed by atoms with E-state index in [0.29, 0.717) is 110 Å². The molecule has 4 aromatic heterocycles. The molecular weight excluding hydrogens is 1290 g/mol. The summed E-state index contributed by atoms with van der Waals surface area (Å²) in [6.45, 7) is 8.72. The Labute approximate surface area is 557 Å². The average molecular weight is 1370 g/mol. The van der Waals surface area contributed by atoms with E-state index >= 15 is 0 Å². The molecule has 524 valence electrons. The van der Waals surface area contributed by atoms with Crippen LogP contribution in [0.4, 0.5) is 30.7 Å². The summed E-state index contributed by atoms with van der Waals surface area (Å²) < 4.78 is 129. The topological polar surface area (TPSA) is 265 Å². The van der Waals surface area contributed by atoms with Crippen LogP contribution in [-0.2, 0) is 59.4 Å². The van der Waals surface area contributed by atoms with Crippen LogP contribution in [0.2, 0.25) is 0 Å². The Kier molecular flexibility index (Phi) is 22.8. The zero-order valence-electron chi connectivity index (χ0n) is 54.5. The van der Waals surface area contributed by atoms with E-state index in [0.717, 1.165) is 74.0 Å². The van der Waals surface area contributed by atoms with Gasteiger partial charge in [-0.2, -0.15) is 8.78 Å². The number of carbonyl (C=O) groups excluding carboxylic acids is 5. The fourth-order valence-electron chi connectivity index (χ4n) is 13.7. The number of amides is 2. The second-order valence-corrected chi connectivity index (χ2v) is 25.8. The van der Waals surface area contributed by atoms with Gasteiger partial charge in [0, 0.05) is 116 Å². The van der Waals surface area contributed by atoms with Crippen molar-refractivity contribution in [2.24, 2.45) is 0 Å². The van der Waals surface area contributed by atoms with Crippen molar-refractivity contribution in [3.05, 3.63) is 143 Å². The van der Waals surface area contributed by atoms with E-state index < -0.39 is 82.5 Å². The van der Waals surface area contributed by atoms with Crippen molar-refractivity contribution in [2.45, 2.75) is 179 Å². The number of halogens is 7. The molecule has 29 heteroatoms. The van der Waals surface area contributed by atoms with Crippen molar-refractivity contribution >= 4 is 51.7 Å². The molecule has 8 heterocycles. The molecule has 4 aliphatic heterocycles. The van der Waals surface area contributed by atoms with E-state index in [-0.39, 0.29) is 106 Å². The number of likely N-dealkylation sites (tertiary alicyclic amines) is 2. The molecule has 0 bridgehead atoms. The van der Waals surface area contributed by atoms with Crippen molar-refractivity contribution in [2.75, 3.05) is 52.4 Å². The third kappa shape index (κ3) is 16.5. The van der Waals surface area contributed by atoms with Crippen LogP contribution in [0.5, 0.6) is 5.75 Å². The summed E-state index contributed by atoms with van der Waals surface area (Å²) in [6.07, 6.45) is 4.80. The monoisotopic (exact) mass is 1370 g/mol. The Balaban J connectivity index is 0.597. The number of ether oxygens (including phenoxy) is 3. The minimum atomic E-state index is -2.48. The molecule has 0 radical (unpaired) electrons. The Morgan fingerprint density at radius 2 is 1.10 bits per heavy atom. The van der Waals surface area contributed by atoms with E-state index in [1.807, 2.05) is 0 Å². The lowest BCUT2D eigenvalue weighted by molar-refractivity contribution is -0.151. The molecule has 11 rings (SSSR count). The SMILES string of the molecule is Cc1nc2n(c(=O)c1CCN1CCC(c3noc4cc(F)ccc34)CC1)CCCC2COC(=O)CCCC(=O)NC(CCCCNC(=O)CCCC(=O)OC1CCCn2c1nc(C)c(CCN1CCC(c3noc4cc(F)ccc34)CC1)c2=O)C(=O)Oc1c(F)c(F)c(F)c(F)c1F. The van der Waals surface area contributed by atoms with Gasteiger partial charge in [0.15, 0.2) is 23.1 Å². The molecule has 0 aliphatic carbocycles. The molecule has 4 aliphatic rings. The minimum absolute atomic E-state index is 0.0290. The van der Waals surface area contributed by atoms with Crippen molar-refractivity contribution < 1.29 is 78.0 Å². The molecule has 98 heavy (non-hydrogen) atoms. The molecule has 2 fully saturated rings. The Morgan fingerprint density at radius 3 is 1.67 bits per heavy atom. The number of hydrogen-bond donors (Lipinski definition) is 2. The predicted octanol–water partition coefficient (Wildman–Crippen LogP) is 9.73. The van der Waals surface area contributed by atoms with E-state index in [4.69, 9.17) is 28.5 Å². The molecule has 22 nitrogen and oxygen atoms in total. The van der Waals surface area contributed by atoms with Crippen LogP contribution < -0.4 is 26.5 Å². The third-order valence-electron chi connectivity index (χ3n) is 19.2. The van der Waals surface area contributed by atoms with Gasteiger partial charge in [0.2, 0.25) is 46.6 Å². The zero-order valence-corrected chi connectivity index (χ0v) is 54.5. The first-order valence-electron chi connectivity index (χ1n) is 33.6. The van der Waals surface area contributed by atoms with Gasteiger partial charge in [-0.05, 0) is 161 Å². The number of fused-ring (bicyclic) bond motifs is 4. The molecule has 0 saturated carbocycles. The first-order chi connectivity index (χ1) is 47.2. The predicted molar refractivity (Wildman–Crippen MR) is 338 cm³/mol. The van der Waals surface area contributed by atoms with Crippen molar-refractivity contribution in [1.29, 1.82) is 0 Å². The van der Waals surface area contributed by atoms with Gasteiger partial charge in [-0.3, -0.25) is 37.9 Å². The lowest BCUT2D eigenvalue weighted by Gasteiger charge is -2.31. The summed E-state index contributed by atoms with van der Waals surface area (Å²) in [7, 11) is 0. The second-order valence-electron chi connectivity index (χ2n) is 25.8. The minimum Gasteiger partial charge on any atom is -0.465 e. The first-order valence-corrected chi connectivity index (χ1v) is 33.6. The van der Waals surface area contributed by atoms with Crippen LogP contribution in [0, 0.1) is 54.6 Å². The molecule has 2 N–H and O–H groups in total. The fourth-order valence-corrected chi connectivity index (χ4v) is 13.7. The number of aryl methyl sites for hydroxylation is 2. The van der Waals surface area contributed by atoms with E-state index in [1.165, 1.54) is 24.3 Å². The van der Waals surface area contributed by atoms with Crippen molar-refractivity contribution in [1.82, 2.24) is 49.8 Å². The highest BCUT2D eigenvalue weighted by Crippen LogP contribution is 2.36. The maximum Gasteiger partial charge on any atom is 0.334 e. The average Bonchev–Trinajstić information content (AvgIpc) is 1.19. The van der Waals surface area contributed by atoms with Crippen LogP contribution in [0.3, 0.4) is 0 Å². The largest absolute Gasteiger partial charge is 0.465 e. The Hall–Kier alpha value is -8.86. The number of hydrogen-bond acceptors (Lipinski definition) is 18. The highest BCUT2D eigenvalue weighted by molar-refractivity contribution is 5.86. The van der Waals surface area contributed by atoms with Gasteiger partial charge in [0.05, 0.1) is 17.3 Å². The first kappa shape index (κ1) is 70.5. The molecule has 7 aromatic rings. The number of esters is 3. The number of aromatic nitrogens is 6. The molecule has 3 atom stereocenters. The maximum absolute atomic E-state index is 14.6. The number of benzene rings is 3. The molecule has 2 amide bonds. The smallest absolute Gasteiger partial charge is 0.334 e. The van der Waals surface area contributed by atoms with Crippen LogP contribution in [0.15, 0.2) is 55.0 Å². The van der Waals surface area contributed by atoms with Crippen LogP contribution >= 0.6 is 0 Å². The molecule has 0 spiro atoms. The lowest BCUT2D eigenvalue weighted by Crippen LogP contribution is -2.43. The highest BCUT2D eigenvalue weighted by atomic mass is 19.2. The lowest BCUT2D eigenvalue weighted by atomic mass is 9.91.